The van der Waals surface area contributed by atoms with E-state index in [0.717, 1.165) is 6.42 Å². The van der Waals surface area contributed by atoms with Gasteiger partial charge in [0.1, 0.15) is 9.21 Å². The molecule has 0 aliphatic rings. The van der Waals surface area contributed by atoms with Crippen molar-refractivity contribution >= 4 is 43.6 Å². The first-order chi connectivity index (χ1) is 7.95. The average molecular weight is 366 g/mol. The molecule has 0 aliphatic heterocycles. The van der Waals surface area contributed by atoms with Crippen molar-refractivity contribution in [3.63, 3.8) is 0 Å². The summed E-state index contributed by atoms with van der Waals surface area (Å²) in [6, 6.07) is -0.544. The number of nitrogens with zero attached hydrogens (tertiary/aromatic N) is 2. The van der Waals surface area contributed by atoms with E-state index in [9.17, 15) is 4.79 Å². The molecule has 1 aromatic heterocycles. The summed E-state index contributed by atoms with van der Waals surface area (Å²) < 4.78 is 1.06. The SMILES string of the molecule is CCC(C)C(N)C(=O)Nc1ncc(Br)nc1Br. The summed E-state index contributed by atoms with van der Waals surface area (Å²) in [4.78, 5) is 19.9. The molecule has 0 fully saturated rings. The molecule has 0 aromatic carbocycles. The summed E-state index contributed by atoms with van der Waals surface area (Å²) in [5.41, 5.74) is 5.81. The summed E-state index contributed by atoms with van der Waals surface area (Å²) in [5, 5.41) is 2.65. The van der Waals surface area contributed by atoms with Crippen LogP contribution in [-0.2, 0) is 4.79 Å². The highest BCUT2D eigenvalue weighted by molar-refractivity contribution is 9.11. The van der Waals surface area contributed by atoms with E-state index in [1.165, 1.54) is 6.20 Å². The molecular formula is C10H14Br2N4O. The molecule has 0 spiro atoms. The third-order valence-corrected chi connectivity index (χ3v) is 3.44. The van der Waals surface area contributed by atoms with E-state index in [0.29, 0.717) is 15.0 Å². The Morgan fingerprint density at radius 3 is 2.76 bits per heavy atom. The number of aromatic nitrogens is 2. The third-order valence-electron chi connectivity index (χ3n) is 2.50. The van der Waals surface area contributed by atoms with Gasteiger partial charge in [-0.1, -0.05) is 20.3 Å². The van der Waals surface area contributed by atoms with E-state index in [-0.39, 0.29) is 11.8 Å². The maximum absolute atomic E-state index is 11.8. The van der Waals surface area contributed by atoms with Gasteiger partial charge in [-0.3, -0.25) is 4.79 Å². The lowest BCUT2D eigenvalue weighted by Gasteiger charge is -2.17. The van der Waals surface area contributed by atoms with Crippen LogP contribution in [-0.4, -0.2) is 21.9 Å². The molecule has 1 aromatic rings. The first-order valence-electron chi connectivity index (χ1n) is 5.20. The molecule has 1 amide bonds. The zero-order chi connectivity index (χ0) is 13.0. The van der Waals surface area contributed by atoms with Crippen molar-refractivity contribution in [2.24, 2.45) is 11.7 Å². The number of amides is 1. The Morgan fingerprint density at radius 2 is 2.24 bits per heavy atom. The maximum atomic E-state index is 11.8. The van der Waals surface area contributed by atoms with Gasteiger partial charge < -0.3 is 11.1 Å². The zero-order valence-corrected chi connectivity index (χ0v) is 12.7. The predicted molar refractivity (Wildman–Crippen MR) is 73.5 cm³/mol. The van der Waals surface area contributed by atoms with Gasteiger partial charge in [-0.25, -0.2) is 9.97 Å². The fourth-order valence-corrected chi connectivity index (χ4v) is 2.05. The third kappa shape index (κ3) is 4.01. The lowest BCUT2D eigenvalue weighted by Crippen LogP contribution is -2.40. The highest BCUT2D eigenvalue weighted by Crippen LogP contribution is 2.19. The van der Waals surface area contributed by atoms with E-state index < -0.39 is 6.04 Å². The second kappa shape index (κ2) is 6.42. The summed E-state index contributed by atoms with van der Waals surface area (Å²) in [7, 11) is 0. The molecule has 1 heterocycles. The van der Waals surface area contributed by atoms with Gasteiger partial charge in [0, 0.05) is 0 Å². The van der Waals surface area contributed by atoms with Gasteiger partial charge in [0.15, 0.2) is 5.82 Å². The second-order valence-corrected chi connectivity index (χ2v) is 5.30. The van der Waals surface area contributed by atoms with E-state index in [1.807, 2.05) is 13.8 Å². The van der Waals surface area contributed by atoms with E-state index in [1.54, 1.807) is 0 Å². The maximum Gasteiger partial charge on any atom is 0.242 e. The lowest BCUT2D eigenvalue weighted by atomic mass is 9.99. The molecule has 0 radical (unpaired) electrons. The Bertz CT molecular complexity index is 413. The zero-order valence-electron chi connectivity index (χ0n) is 9.58. The molecule has 0 aliphatic carbocycles. The molecule has 2 unspecified atom stereocenters. The monoisotopic (exact) mass is 364 g/mol. The second-order valence-electron chi connectivity index (χ2n) is 3.73. The molecule has 94 valence electrons. The topological polar surface area (TPSA) is 80.9 Å². The number of rotatable bonds is 4. The highest BCUT2D eigenvalue weighted by atomic mass is 79.9. The number of hydrogen-bond acceptors (Lipinski definition) is 4. The van der Waals surface area contributed by atoms with Crippen molar-refractivity contribution < 1.29 is 4.79 Å². The van der Waals surface area contributed by atoms with Crippen LogP contribution in [0.4, 0.5) is 5.82 Å². The van der Waals surface area contributed by atoms with Crippen molar-refractivity contribution in [2.45, 2.75) is 26.3 Å². The molecule has 0 saturated carbocycles. The van der Waals surface area contributed by atoms with Crippen molar-refractivity contribution in [1.82, 2.24) is 9.97 Å². The molecule has 0 bridgehead atoms. The van der Waals surface area contributed by atoms with Crippen LogP contribution in [0.1, 0.15) is 20.3 Å². The van der Waals surface area contributed by atoms with Gasteiger partial charge in [0.05, 0.1) is 12.2 Å². The quantitative estimate of drug-likeness (QED) is 0.857. The lowest BCUT2D eigenvalue weighted by molar-refractivity contribution is -0.118. The largest absolute Gasteiger partial charge is 0.320 e. The summed E-state index contributed by atoms with van der Waals surface area (Å²) in [6.45, 7) is 3.93. The van der Waals surface area contributed by atoms with Gasteiger partial charge >= 0.3 is 0 Å². The molecule has 0 saturated heterocycles. The molecule has 17 heavy (non-hydrogen) atoms. The molecule has 1 rings (SSSR count). The Morgan fingerprint density at radius 1 is 1.59 bits per heavy atom. The van der Waals surface area contributed by atoms with Crippen LogP contribution >= 0.6 is 31.9 Å². The standard InChI is InChI=1S/C10H14Br2N4O/c1-3-5(2)7(13)10(17)16-9-8(12)15-6(11)4-14-9/h4-5,7H,3,13H2,1-2H3,(H,14,16,17). The van der Waals surface area contributed by atoms with Crippen LogP contribution in [0.15, 0.2) is 15.4 Å². The smallest absolute Gasteiger partial charge is 0.242 e. The number of hydrogen-bond donors (Lipinski definition) is 2. The minimum Gasteiger partial charge on any atom is -0.320 e. The number of nitrogens with two attached hydrogens (primary N) is 1. The van der Waals surface area contributed by atoms with Crippen molar-refractivity contribution in [2.75, 3.05) is 5.32 Å². The number of carbonyl (C=O) groups excluding carboxylic acids is 1. The fourth-order valence-electron chi connectivity index (χ4n) is 1.14. The number of halogens is 2. The Balaban J connectivity index is 2.74. The Labute approximate surface area is 117 Å². The fraction of sp³-hybridized carbons (Fsp3) is 0.500. The van der Waals surface area contributed by atoms with Crippen LogP contribution < -0.4 is 11.1 Å². The van der Waals surface area contributed by atoms with Crippen LogP contribution in [0.5, 0.6) is 0 Å². The van der Waals surface area contributed by atoms with Crippen molar-refractivity contribution in [3.8, 4) is 0 Å². The van der Waals surface area contributed by atoms with Crippen LogP contribution in [0, 0.1) is 5.92 Å². The number of nitrogens with one attached hydrogen (secondary N) is 1. The van der Waals surface area contributed by atoms with Gasteiger partial charge in [0.2, 0.25) is 5.91 Å². The minimum atomic E-state index is -0.544. The van der Waals surface area contributed by atoms with Gasteiger partial charge in [0.25, 0.3) is 0 Å². The summed E-state index contributed by atoms with van der Waals surface area (Å²) in [5.74, 6) is 0.241. The van der Waals surface area contributed by atoms with Crippen LogP contribution in [0.25, 0.3) is 0 Å². The Hall–Kier alpha value is -0.530. The van der Waals surface area contributed by atoms with Crippen LogP contribution in [0.2, 0.25) is 0 Å². The van der Waals surface area contributed by atoms with Crippen molar-refractivity contribution in [3.05, 3.63) is 15.4 Å². The van der Waals surface area contributed by atoms with Crippen molar-refractivity contribution in [1.29, 1.82) is 0 Å². The normalized spacial score (nSPS) is 14.2. The van der Waals surface area contributed by atoms with E-state index in [4.69, 9.17) is 5.73 Å². The van der Waals surface area contributed by atoms with Gasteiger partial charge in [-0.15, -0.1) is 0 Å². The van der Waals surface area contributed by atoms with E-state index >= 15 is 0 Å². The summed E-state index contributed by atoms with van der Waals surface area (Å²) >= 11 is 6.40. The molecule has 3 N–H and O–H groups in total. The first-order valence-corrected chi connectivity index (χ1v) is 6.78. The molecule has 2 atom stereocenters. The van der Waals surface area contributed by atoms with E-state index in [2.05, 4.69) is 47.1 Å². The average Bonchev–Trinajstić information content (AvgIpc) is 2.30. The molecular weight excluding hydrogens is 352 g/mol. The molecule has 7 heteroatoms. The molecule has 5 nitrogen and oxygen atoms in total. The Kier molecular flexibility index (Phi) is 5.48. The number of carbonyl (C=O) groups is 1. The first kappa shape index (κ1) is 14.5. The van der Waals surface area contributed by atoms with Crippen LogP contribution in [0.3, 0.4) is 0 Å². The highest BCUT2D eigenvalue weighted by Gasteiger charge is 2.20. The van der Waals surface area contributed by atoms with Gasteiger partial charge in [-0.05, 0) is 37.8 Å². The van der Waals surface area contributed by atoms with Gasteiger partial charge in [-0.2, -0.15) is 0 Å². The summed E-state index contributed by atoms with van der Waals surface area (Å²) in [6.07, 6.45) is 2.36. The minimum absolute atomic E-state index is 0.122. The predicted octanol–water partition coefficient (Wildman–Crippen LogP) is 2.31. The number of anilines is 1.